The number of rotatable bonds is 2. The number of thioether (sulfide) groups is 1. The lowest BCUT2D eigenvalue weighted by molar-refractivity contribution is 1.73. The van der Waals surface area contributed by atoms with Crippen LogP contribution in [0.2, 0.25) is 0 Å². The summed E-state index contributed by atoms with van der Waals surface area (Å²) in [6.07, 6.45) is 0. The van der Waals surface area contributed by atoms with Crippen molar-refractivity contribution >= 4 is 50.6 Å². The van der Waals surface area contributed by atoms with Crippen LogP contribution in [-0.2, 0) is 0 Å². The first-order valence-electron chi connectivity index (χ1n) is 2.27. The molecular formula is C5H4BrClS2. The lowest BCUT2D eigenvalue weighted by Gasteiger charge is -1.85. The zero-order valence-electron chi connectivity index (χ0n) is 4.43. The Morgan fingerprint density at radius 2 is 2.44 bits per heavy atom. The minimum absolute atomic E-state index is 0.632. The topological polar surface area (TPSA) is 0 Å². The predicted molar refractivity (Wildman–Crippen MR) is 48.6 cm³/mol. The molecule has 0 aliphatic rings. The highest BCUT2D eigenvalue weighted by atomic mass is 79.9. The molecule has 0 N–H and O–H groups in total. The molecule has 0 bridgehead atoms. The molecule has 0 fully saturated rings. The molecule has 0 amide bonds. The zero-order chi connectivity index (χ0) is 6.69. The molecular weight excluding hydrogens is 240 g/mol. The van der Waals surface area contributed by atoms with Gasteiger partial charge in [0.05, 0.1) is 13.2 Å². The molecule has 0 aliphatic heterocycles. The fraction of sp³-hybridized carbons (Fsp3) is 0.200. The van der Waals surface area contributed by atoms with Gasteiger partial charge in [-0.1, -0.05) is 11.8 Å². The first-order chi connectivity index (χ1) is 4.33. The monoisotopic (exact) mass is 242 g/mol. The quantitative estimate of drug-likeness (QED) is 0.562. The summed E-state index contributed by atoms with van der Waals surface area (Å²) in [7, 11) is 0. The third-order valence-corrected chi connectivity index (χ3v) is 3.62. The van der Waals surface area contributed by atoms with Crippen molar-refractivity contribution in [3.05, 3.63) is 15.9 Å². The summed E-state index contributed by atoms with van der Waals surface area (Å²) in [5.74, 6) is 0. The van der Waals surface area contributed by atoms with Crippen LogP contribution in [-0.4, -0.2) is 5.21 Å². The van der Waals surface area contributed by atoms with Gasteiger partial charge in [-0.3, -0.25) is 0 Å². The first kappa shape index (κ1) is 7.92. The van der Waals surface area contributed by atoms with Gasteiger partial charge in [0.15, 0.2) is 0 Å². The predicted octanol–water partition coefficient (Wildman–Crippen LogP) is 3.80. The molecule has 0 unspecified atom stereocenters. The van der Waals surface area contributed by atoms with Gasteiger partial charge >= 0.3 is 0 Å². The van der Waals surface area contributed by atoms with Crippen molar-refractivity contribution in [2.45, 2.75) is 4.21 Å². The fourth-order valence-electron chi connectivity index (χ4n) is 0.429. The maximum absolute atomic E-state index is 5.50. The van der Waals surface area contributed by atoms with Crippen molar-refractivity contribution in [2.75, 3.05) is 5.21 Å². The fourth-order valence-corrected chi connectivity index (χ4v) is 3.37. The van der Waals surface area contributed by atoms with Crippen molar-refractivity contribution in [3.63, 3.8) is 0 Å². The van der Waals surface area contributed by atoms with Crippen molar-refractivity contribution in [1.82, 2.24) is 0 Å². The Morgan fingerprint density at radius 3 is 2.89 bits per heavy atom. The highest BCUT2D eigenvalue weighted by molar-refractivity contribution is 9.11. The summed E-state index contributed by atoms with van der Waals surface area (Å²) in [5.41, 5.74) is 0. The second-order valence-electron chi connectivity index (χ2n) is 1.31. The van der Waals surface area contributed by atoms with E-state index >= 15 is 0 Å². The first-order valence-corrected chi connectivity index (χ1v) is 5.40. The molecule has 0 radical (unpaired) electrons. The SMILES string of the molecule is ClCSc1ccc(Br)s1. The normalized spacial score (nSPS) is 10.0. The third-order valence-electron chi connectivity index (χ3n) is 0.745. The van der Waals surface area contributed by atoms with E-state index in [0.29, 0.717) is 5.21 Å². The van der Waals surface area contributed by atoms with E-state index in [0.717, 1.165) is 3.79 Å². The number of hydrogen-bond donors (Lipinski definition) is 0. The van der Waals surface area contributed by atoms with E-state index in [1.807, 2.05) is 6.07 Å². The van der Waals surface area contributed by atoms with Gasteiger partial charge in [-0.25, -0.2) is 0 Å². The van der Waals surface area contributed by atoms with Gasteiger partial charge in [0.2, 0.25) is 0 Å². The van der Waals surface area contributed by atoms with Crippen LogP contribution >= 0.6 is 50.6 Å². The standard InChI is InChI=1S/C5H4BrClS2/c6-4-1-2-5(9-4)8-3-7/h1-2H,3H2. The molecule has 0 aromatic carbocycles. The molecule has 0 saturated carbocycles. The smallest absolute Gasteiger partial charge is 0.0735 e. The molecule has 0 atom stereocenters. The Bertz CT molecular complexity index is 187. The Morgan fingerprint density at radius 1 is 1.67 bits per heavy atom. The lowest BCUT2D eigenvalue weighted by Crippen LogP contribution is -1.55. The van der Waals surface area contributed by atoms with Gasteiger partial charge in [0.25, 0.3) is 0 Å². The van der Waals surface area contributed by atoms with Crippen LogP contribution in [0.1, 0.15) is 0 Å². The van der Waals surface area contributed by atoms with Gasteiger partial charge in [-0.2, -0.15) is 0 Å². The molecule has 0 saturated heterocycles. The molecule has 0 aliphatic carbocycles. The summed E-state index contributed by atoms with van der Waals surface area (Å²) in [4.78, 5) is 0. The Balaban J connectivity index is 2.61. The van der Waals surface area contributed by atoms with Crippen LogP contribution in [0.3, 0.4) is 0 Å². The second-order valence-corrected chi connectivity index (χ2v) is 5.63. The van der Waals surface area contributed by atoms with Crippen molar-refractivity contribution in [1.29, 1.82) is 0 Å². The molecule has 1 heterocycles. The molecule has 50 valence electrons. The highest BCUT2D eigenvalue weighted by Crippen LogP contribution is 2.30. The number of hydrogen-bond acceptors (Lipinski definition) is 2. The Hall–Kier alpha value is 0.820. The highest BCUT2D eigenvalue weighted by Gasteiger charge is 1.94. The van der Waals surface area contributed by atoms with E-state index in [1.54, 1.807) is 23.1 Å². The number of thiophene rings is 1. The van der Waals surface area contributed by atoms with Gasteiger partial charge in [0.1, 0.15) is 0 Å². The molecule has 4 heteroatoms. The molecule has 1 rings (SSSR count). The van der Waals surface area contributed by atoms with Gasteiger partial charge in [-0.15, -0.1) is 22.9 Å². The third kappa shape index (κ3) is 2.50. The van der Waals surface area contributed by atoms with Gasteiger partial charge in [-0.05, 0) is 28.1 Å². The summed E-state index contributed by atoms with van der Waals surface area (Å²) < 4.78 is 2.42. The summed E-state index contributed by atoms with van der Waals surface area (Å²) >= 11 is 12.2. The maximum Gasteiger partial charge on any atom is 0.0735 e. The maximum atomic E-state index is 5.50. The molecule has 1 aromatic heterocycles. The van der Waals surface area contributed by atoms with Crippen LogP contribution in [0, 0.1) is 0 Å². The van der Waals surface area contributed by atoms with Gasteiger partial charge in [0, 0.05) is 0 Å². The van der Waals surface area contributed by atoms with E-state index < -0.39 is 0 Å². The molecule has 0 nitrogen and oxygen atoms in total. The van der Waals surface area contributed by atoms with E-state index in [2.05, 4.69) is 22.0 Å². The minimum atomic E-state index is 0.632. The number of alkyl halides is 1. The van der Waals surface area contributed by atoms with Crippen molar-refractivity contribution in [2.24, 2.45) is 0 Å². The average molecular weight is 244 g/mol. The Labute approximate surface area is 75.7 Å². The summed E-state index contributed by atoms with van der Waals surface area (Å²) in [5, 5.41) is 0.632. The average Bonchev–Trinajstić information content (AvgIpc) is 2.17. The zero-order valence-corrected chi connectivity index (χ0v) is 8.41. The molecule has 1 aromatic rings. The van der Waals surface area contributed by atoms with Crippen LogP contribution < -0.4 is 0 Å². The van der Waals surface area contributed by atoms with Crippen molar-refractivity contribution in [3.8, 4) is 0 Å². The van der Waals surface area contributed by atoms with E-state index in [-0.39, 0.29) is 0 Å². The minimum Gasteiger partial charge on any atom is -0.122 e. The van der Waals surface area contributed by atoms with E-state index in [9.17, 15) is 0 Å². The van der Waals surface area contributed by atoms with Crippen LogP contribution in [0.4, 0.5) is 0 Å². The van der Waals surface area contributed by atoms with E-state index in [4.69, 9.17) is 11.6 Å². The van der Waals surface area contributed by atoms with E-state index in [1.165, 1.54) is 4.21 Å². The van der Waals surface area contributed by atoms with Crippen LogP contribution in [0.15, 0.2) is 20.1 Å². The van der Waals surface area contributed by atoms with Crippen LogP contribution in [0.25, 0.3) is 0 Å². The summed E-state index contributed by atoms with van der Waals surface area (Å²) in [6.45, 7) is 0. The lowest BCUT2D eigenvalue weighted by atomic mass is 10.7. The number of halogens is 2. The largest absolute Gasteiger partial charge is 0.122 e. The Kier molecular flexibility index (Phi) is 3.40. The van der Waals surface area contributed by atoms with Gasteiger partial charge < -0.3 is 0 Å². The summed E-state index contributed by atoms with van der Waals surface area (Å²) in [6, 6.07) is 4.08. The van der Waals surface area contributed by atoms with Crippen molar-refractivity contribution < 1.29 is 0 Å². The second kappa shape index (κ2) is 3.86. The molecule has 0 spiro atoms. The van der Waals surface area contributed by atoms with Crippen LogP contribution in [0.5, 0.6) is 0 Å². The molecule has 9 heavy (non-hydrogen) atoms.